The fraction of sp³-hybridized carbons (Fsp3) is 0.240. The van der Waals surface area contributed by atoms with Crippen molar-refractivity contribution in [2.45, 2.75) is 30.3 Å². The Hall–Kier alpha value is -3.76. The Kier molecular flexibility index (Phi) is 7.57. The average Bonchev–Trinajstić information content (AvgIpc) is 3.04. The lowest BCUT2D eigenvalue weighted by Crippen LogP contribution is -2.40. The number of pyridine rings is 1. The second-order valence-corrected chi connectivity index (χ2v) is 11.1. The van der Waals surface area contributed by atoms with Gasteiger partial charge in [-0.1, -0.05) is 23.4 Å². The highest BCUT2D eigenvalue weighted by atomic mass is 35.5. The number of rotatable bonds is 7. The van der Waals surface area contributed by atoms with Crippen molar-refractivity contribution in [2.75, 3.05) is 13.7 Å². The number of allylic oxidation sites excluding steroid dienone is 1. The molecule has 1 atom stereocenters. The summed E-state index contributed by atoms with van der Waals surface area (Å²) in [6.07, 6.45) is 4.26. The number of methoxy groups -OCH3 is 1. The second-order valence-electron chi connectivity index (χ2n) is 8.96. The summed E-state index contributed by atoms with van der Waals surface area (Å²) in [5.74, 6) is 4.97. The predicted molar refractivity (Wildman–Crippen MR) is 141 cm³/mol. The molecule has 10 nitrogen and oxygen atoms in total. The minimum Gasteiger partial charge on any atom is -0.485 e. The lowest BCUT2D eigenvalue weighted by molar-refractivity contribution is 0.239. The number of halogens is 2. The molecule has 0 saturated heterocycles. The van der Waals surface area contributed by atoms with Crippen molar-refractivity contribution >= 4 is 38.7 Å². The van der Waals surface area contributed by atoms with E-state index in [-0.39, 0.29) is 28.2 Å². The van der Waals surface area contributed by atoms with E-state index in [4.69, 9.17) is 26.8 Å². The van der Waals surface area contributed by atoms with Gasteiger partial charge in [0.25, 0.3) is 5.56 Å². The van der Waals surface area contributed by atoms with Crippen molar-refractivity contribution in [3.8, 4) is 17.6 Å². The van der Waals surface area contributed by atoms with Crippen LogP contribution in [-0.2, 0) is 14.8 Å². The SMILES string of the molecule is COC1=NC=C(c2ccc3ncc(OCC(C)(C)N)c(=O)n3c2)C#CC1NS(=O)(=O)c1ccc(F)cc1Cl. The van der Waals surface area contributed by atoms with E-state index >= 15 is 0 Å². The zero-order valence-electron chi connectivity index (χ0n) is 20.5. The molecule has 0 fully saturated rings. The van der Waals surface area contributed by atoms with Gasteiger partial charge in [-0.05, 0) is 44.2 Å². The first kappa shape index (κ1) is 27.3. The third-order valence-corrected chi connectivity index (χ3v) is 7.07. The maximum atomic E-state index is 13.4. The molecule has 0 amide bonds. The molecule has 0 aliphatic carbocycles. The van der Waals surface area contributed by atoms with E-state index in [0.717, 1.165) is 18.2 Å². The number of benzene rings is 1. The number of sulfonamides is 1. The number of hydrogen-bond acceptors (Lipinski definition) is 8. The minimum atomic E-state index is -4.22. The third-order valence-electron chi connectivity index (χ3n) is 5.17. The topological polar surface area (TPSA) is 137 Å². The van der Waals surface area contributed by atoms with E-state index < -0.39 is 33.0 Å². The van der Waals surface area contributed by atoms with Crippen LogP contribution < -0.4 is 20.8 Å². The molecule has 38 heavy (non-hydrogen) atoms. The zero-order valence-corrected chi connectivity index (χ0v) is 22.1. The fourth-order valence-corrected chi connectivity index (χ4v) is 4.97. The zero-order chi connectivity index (χ0) is 27.7. The summed E-state index contributed by atoms with van der Waals surface area (Å²) in [5, 5.41) is -0.289. The number of fused-ring (bicyclic) bond motifs is 1. The van der Waals surface area contributed by atoms with Gasteiger partial charge in [-0.2, -0.15) is 4.72 Å². The van der Waals surface area contributed by atoms with Crippen molar-refractivity contribution in [2.24, 2.45) is 10.7 Å². The van der Waals surface area contributed by atoms with E-state index in [1.54, 1.807) is 26.0 Å². The minimum absolute atomic E-state index is 0.0333. The Morgan fingerprint density at radius 2 is 2.05 bits per heavy atom. The van der Waals surface area contributed by atoms with Gasteiger partial charge in [0.1, 0.15) is 23.0 Å². The Morgan fingerprint density at radius 1 is 1.29 bits per heavy atom. The molecule has 2 aromatic heterocycles. The molecule has 13 heteroatoms. The summed E-state index contributed by atoms with van der Waals surface area (Å²) < 4.78 is 53.7. The first-order valence-electron chi connectivity index (χ1n) is 11.1. The molecule has 3 heterocycles. The Bertz CT molecular complexity index is 1700. The molecule has 0 radical (unpaired) electrons. The number of nitrogens with one attached hydrogen (secondary N) is 1. The molecule has 1 aromatic carbocycles. The van der Waals surface area contributed by atoms with E-state index in [9.17, 15) is 17.6 Å². The van der Waals surface area contributed by atoms with Crippen LogP contribution in [0, 0.1) is 17.7 Å². The van der Waals surface area contributed by atoms with Gasteiger partial charge in [-0.3, -0.25) is 9.20 Å². The average molecular weight is 560 g/mol. The van der Waals surface area contributed by atoms with Crippen LogP contribution in [0.5, 0.6) is 5.75 Å². The van der Waals surface area contributed by atoms with E-state index in [1.165, 1.54) is 30.1 Å². The van der Waals surface area contributed by atoms with Crippen molar-refractivity contribution in [3.05, 3.63) is 75.7 Å². The van der Waals surface area contributed by atoms with Crippen LogP contribution in [0.2, 0.25) is 5.02 Å². The Balaban J connectivity index is 1.66. The van der Waals surface area contributed by atoms with Gasteiger partial charge in [0, 0.05) is 23.5 Å². The van der Waals surface area contributed by atoms with Crippen molar-refractivity contribution in [1.29, 1.82) is 0 Å². The molecule has 0 bridgehead atoms. The molecule has 4 rings (SSSR count). The summed E-state index contributed by atoms with van der Waals surface area (Å²) >= 11 is 5.94. The van der Waals surface area contributed by atoms with E-state index in [1.807, 2.05) is 0 Å². The third kappa shape index (κ3) is 6.03. The maximum Gasteiger partial charge on any atom is 0.300 e. The molecule has 1 aliphatic rings. The van der Waals surface area contributed by atoms with Crippen molar-refractivity contribution < 1.29 is 22.3 Å². The van der Waals surface area contributed by atoms with Crippen LogP contribution in [0.15, 0.2) is 63.6 Å². The smallest absolute Gasteiger partial charge is 0.300 e. The molecule has 3 N–H and O–H groups in total. The van der Waals surface area contributed by atoms with Crippen LogP contribution in [0.3, 0.4) is 0 Å². The molecule has 1 aliphatic heterocycles. The van der Waals surface area contributed by atoms with Crippen LogP contribution in [0.1, 0.15) is 19.4 Å². The fourth-order valence-electron chi connectivity index (χ4n) is 3.34. The highest BCUT2D eigenvalue weighted by Gasteiger charge is 2.26. The molecule has 1 unspecified atom stereocenters. The number of ether oxygens (including phenoxy) is 2. The largest absolute Gasteiger partial charge is 0.485 e. The summed E-state index contributed by atoms with van der Waals surface area (Å²) in [6, 6.07) is 5.06. The number of aliphatic imine (C=N–C) groups is 1. The molecule has 0 saturated carbocycles. The van der Waals surface area contributed by atoms with Gasteiger partial charge in [0.2, 0.25) is 21.7 Å². The number of nitrogens with zero attached hydrogens (tertiary/aromatic N) is 3. The number of hydrogen-bond donors (Lipinski definition) is 2. The van der Waals surface area contributed by atoms with Gasteiger partial charge in [0.05, 0.1) is 23.9 Å². The van der Waals surface area contributed by atoms with Crippen molar-refractivity contribution in [1.82, 2.24) is 14.1 Å². The Morgan fingerprint density at radius 3 is 2.74 bits per heavy atom. The summed E-state index contributed by atoms with van der Waals surface area (Å²) in [7, 11) is -2.90. The summed E-state index contributed by atoms with van der Waals surface area (Å²) in [6.45, 7) is 3.65. The van der Waals surface area contributed by atoms with Crippen LogP contribution in [-0.4, -0.2) is 49.0 Å². The molecule has 198 valence electrons. The highest BCUT2D eigenvalue weighted by Crippen LogP contribution is 2.23. The lowest BCUT2D eigenvalue weighted by atomic mass is 10.1. The van der Waals surface area contributed by atoms with Gasteiger partial charge in [-0.25, -0.2) is 22.8 Å². The van der Waals surface area contributed by atoms with E-state index in [2.05, 4.69) is 26.5 Å². The molecule has 0 spiro atoms. The van der Waals surface area contributed by atoms with Crippen LogP contribution in [0.25, 0.3) is 11.2 Å². The van der Waals surface area contributed by atoms with Crippen LogP contribution in [0.4, 0.5) is 4.39 Å². The maximum absolute atomic E-state index is 13.4. The summed E-state index contributed by atoms with van der Waals surface area (Å²) in [5.41, 5.74) is 6.12. The van der Waals surface area contributed by atoms with Gasteiger partial charge < -0.3 is 15.2 Å². The monoisotopic (exact) mass is 559 g/mol. The molecule has 3 aromatic rings. The van der Waals surface area contributed by atoms with Gasteiger partial charge in [0.15, 0.2) is 6.04 Å². The first-order valence-corrected chi connectivity index (χ1v) is 13.0. The predicted octanol–water partition coefficient (Wildman–Crippen LogP) is 2.35. The van der Waals surface area contributed by atoms with Gasteiger partial charge in [-0.15, -0.1) is 0 Å². The standard InChI is InChI=1S/C25H23ClFN5O5S/c1-25(2,28)14-37-20-12-29-22-9-5-16(13-32(22)24(20)33)15-4-7-19(23(36-3)30-11-15)31-38(34,35)21-8-6-17(27)10-18(21)26/h5-6,8-13,19,31H,14,28H2,1-3H3. The number of aromatic nitrogens is 2. The first-order chi connectivity index (χ1) is 17.9. The molecular weight excluding hydrogens is 537 g/mol. The lowest BCUT2D eigenvalue weighted by Gasteiger charge is -2.18. The Labute approximate surface area is 223 Å². The number of nitrogens with two attached hydrogens (primary N) is 1. The van der Waals surface area contributed by atoms with E-state index in [0.29, 0.717) is 16.8 Å². The second kappa shape index (κ2) is 10.5. The van der Waals surface area contributed by atoms with Crippen molar-refractivity contribution in [3.63, 3.8) is 0 Å². The molecular formula is C25H23ClFN5O5S. The van der Waals surface area contributed by atoms with Gasteiger partial charge >= 0.3 is 0 Å². The normalized spacial score (nSPS) is 15.7. The van der Waals surface area contributed by atoms with Crippen LogP contribution >= 0.6 is 11.6 Å². The summed E-state index contributed by atoms with van der Waals surface area (Å²) in [4.78, 5) is 21.1. The quantitative estimate of drug-likeness (QED) is 0.424. The highest BCUT2D eigenvalue weighted by molar-refractivity contribution is 7.89.